The second-order valence-electron chi connectivity index (χ2n) is 10.9. The van der Waals surface area contributed by atoms with Crippen LogP contribution < -0.4 is 0 Å². The number of ether oxygens (including phenoxy) is 2. The van der Waals surface area contributed by atoms with E-state index in [4.69, 9.17) is 9.47 Å². The van der Waals surface area contributed by atoms with Crippen LogP contribution in [0.2, 0.25) is 0 Å². The number of hydrogen-bond acceptors (Lipinski definition) is 6. The van der Waals surface area contributed by atoms with Crippen LogP contribution in [-0.4, -0.2) is 71.2 Å². The molecule has 6 nitrogen and oxygen atoms in total. The zero-order chi connectivity index (χ0) is 25.0. The number of likely N-dealkylation sites (N-methyl/N-ethyl adjacent to an activating group) is 1. The van der Waals surface area contributed by atoms with Crippen molar-refractivity contribution in [1.82, 2.24) is 4.90 Å². The number of aliphatic hydroxyl groups is 2. The number of methoxy groups -OCH3 is 1. The predicted molar refractivity (Wildman–Crippen MR) is 129 cm³/mol. The molecule has 0 aliphatic carbocycles. The maximum Gasteiger partial charge on any atom is 0.309 e. The lowest BCUT2D eigenvalue weighted by atomic mass is 9.70. The molecule has 188 valence electrons. The van der Waals surface area contributed by atoms with Gasteiger partial charge in [0.1, 0.15) is 17.8 Å². The average molecular weight is 456 g/mol. The fraction of sp³-hybridized carbons (Fsp3) is 0.885. The zero-order valence-electron chi connectivity index (χ0n) is 22.1. The van der Waals surface area contributed by atoms with Gasteiger partial charge in [-0.2, -0.15) is 0 Å². The molecule has 9 atom stereocenters. The number of esters is 1. The van der Waals surface area contributed by atoms with Crippen molar-refractivity contribution in [2.24, 2.45) is 23.7 Å². The third-order valence-corrected chi connectivity index (χ3v) is 7.74. The Morgan fingerprint density at radius 1 is 1.28 bits per heavy atom. The van der Waals surface area contributed by atoms with E-state index in [9.17, 15) is 15.0 Å². The number of hydrogen-bond donors (Lipinski definition) is 2. The van der Waals surface area contributed by atoms with E-state index >= 15 is 0 Å². The second kappa shape index (κ2) is 11.5. The van der Waals surface area contributed by atoms with E-state index in [-0.39, 0.29) is 35.7 Å². The van der Waals surface area contributed by atoms with E-state index in [0.29, 0.717) is 12.8 Å². The van der Waals surface area contributed by atoms with Gasteiger partial charge in [0.2, 0.25) is 0 Å². The molecule has 1 heterocycles. The summed E-state index contributed by atoms with van der Waals surface area (Å²) in [5, 5.41) is 22.3. The van der Waals surface area contributed by atoms with Gasteiger partial charge in [0.25, 0.3) is 0 Å². The lowest BCUT2D eigenvalue weighted by molar-refractivity contribution is -0.189. The standard InChI is InChI=1S/C26H49NO5/c1-12-21-26(9,30)23(28)20(7)27(10)15-17(4)14-25(8,31-11)22(16(2)3)18(5)13-19(6)24(29)32-21/h17-23,28,30H,2,12-15H2,1,3-11H3/t17-,18+,19-,20-,21-,22-,23-,25-,26-/m1/s1. The highest BCUT2D eigenvalue weighted by Crippen LogP contribution is 2.41. The summed E-state index contributed by atoms with van der Waals surface area (Å²) >= 11 is 0. The van der Waals surface area contributed by atoms with Crippen LogP contribution in [0.4, 0.5) is 0 Å². The molecule has 0 aromatic rings. The van der Waals surface area contributed by atoms with Crippen LogP contribution in [0.25, 0.3) is 0 Å². The molecule has 32 heavy (non-hydrogen) atoms. The van der Waals surface area contributed by atoms with Crippen LogP contribution in [0.5, 0.6) is 0 Å². The monoisotopic (exact) mass is 455 g/mol. The first-order valence-corrected chi connectivity index (χ1v) is 12.1. The minimum absolute atomic E-state index is 0.0775. The molecule has 0 saturated carbocycles. The highest BCUT2D eigenvalue weighted by Gasteiger charge is 2.46. The lowest BCUT2D eigenvalue weighted by Gasteiger charge is -2.43. The lowest BCUT2D eigenvalue weighted by Crippen LogP contribution is -2.59. The molecule has 1 rings (SSSR count). The minimum atomic E-state index is -1.56. The topological polar surface area (TPSA) is 79.2 Å². The van der Waals surface area contributed by atoms with Gasteiger partial charge in [-0.05, 0) is 65.8 Å². The summed E-state index contributed by atoms with van der Waals surface area (Å²) in [5.74, 6) is -0.188. The highest BCUT2D eigenvalue weighted by molar-refractivity contribution is 5.72. The molecule has 6 heteroatoms. The first kappa shape index (κ1) is 29.1. The van der Waals surface area contributed by atoms with Crippen LogP contribution in [0.3, 0.4) is 0 Å². The molecule has 0 radical (unpaired) electrons. The maximum absolute atomic E-state index is 13.0. The van der Waals surface area contributed by atoms with Crippen LogP contribution in [-0.2, 0) is 14.3 Å². The Morgan fingerprint density at radius 2 is 1.84 bits per heavy atom. The zero-order valence-corrected chi connectivity index (χ0v) is 22.1. The van der Waals surface area contributed by atoms with E-state index in [0.717, 1.165) is 18.5 Å². The fourth-order valence-electron chi connectivity index (χ4n) is 5.94. The van der Waals surface area contributed by atoms with Gasteiger partial charge in [-0.3, -0.25) is 4.79 Å². The van der Waals surface area contributed by atoms with Crippen molar-refractivity contribution >= 4 is 5.97 Å². The first-order chi connectivity index (χ1) is 14.6. The van der Waals surface area contributed by atoms with Gasteiger partial charge in [-0.15, -0.1) is 0 Å². The summed E-state index contributed by atoms with van der Waals surface area (Å²) in [6.07, 6.45) is -0.0100. The Balaban J connectivity index is 3.45. The first-order valence-electron chi connectivity index (χ1n) is 12.1. The second-order valence-corrected chi connectivity index (χ2v) is 10.9. The minimum Gasteiger partial charge on any atom is -0.459 e. The largest absolute Gasteiger partial charge is 0.459 e. The van der Waals surface area contributed by atoms with Gasteiger partial charge < -0.3 is 24.6 Å². The molecule has 0 aromatic carbocycles. The Kier molecular flexibility index (Phi) is 10.4. The van der Waals surface area contributed by atoms with E-state index in [1.165, 1.54) is 0 Å². The molecule has 2 N–H and O–H groups in total. The third kappa shape index (κ3) is 6.55. The van der Waals surface area contributed by atoms with Crippen molar-refractivity contribution in [2.45, 2.75) is 104 Å². The van der Waals surface area contributed by atoms with E-state index < -0.39 is 23.4 Å². The molecule has 1 aliphatic rings. The predicted octanol–water partition coefficient (Wildman–Crippen LogP) is 4.04. The van der Waals surface area contributed by atoms with E-state index in [1.807, 2.05) is 34.7 Å². The summed E-state index contributed by atoms with van der Waals surface area (Å²) in [6, 6.07) is -0.326. The molecular weight excluding hydrogens is 406 g/mol. The van der Waals surface area contributed by atoms with Crippen LogP contribution in [0.15, 0.2) is 12.2 Å². The molecule has 0 aromatic heterocycles. The number of rotatable bonds is 3. The molecule has 0 amide bonds. The van der Waals surface area contributed by atoms with Crippen LogP contribution in [0, 0.1) is 23.7 Å². The van der Waals surface area contributed by atoms with Gasteiger partial charge in [0.05, 0.1) is 11.5 Å². The van der Waals surface area contributed by atoms with Crippen LogP contribution in [0.1, 0.15) is 74.7 Å². The van der Waals surface area contributed by atoms with Gasteiger partial charge in [-0.1, -0.05) is 39.8 Å². The smallest absolute Gasteiger partial charge is 0.309 e. The SMILES string of the molecule is C=C(C)[C@@H]1[C@@H](C)C[C@@H](C)C(=O)O[C@H](CC)[C@@](C)(O)[C@H](O)[C@@H](C)N(C)C[C@H](C)C[C@@]1(C)OC. The summed E-state index contributed by atoms with van der Waals surface area (Å²) in [4.78, 5) is 15.1. The molecule has 1 aliphatic heterocycles. The van der Waals surface area contributed by atoms with E-state index in [2.05, 4.69) is 32.3 Å². The van der Waals surface area contributed by atoms with Crippen molar-refractivity contribution in [3.8, 4) is 0 Å². The van der Waals surface area contributed by atoms with Crippen molar-refractivity contribution in [3.05, 3.63) is 12.2 Å². The Morgan fingerprint density at radius 3 is 2.31 bits per heavy atom. The number of nitrogens with zero attached hydrogens (tertiary/aromatic N) is 1. The van der Waals surface area contributed by atoms with Crippen molar-refractivity contribution < 1.29 is 24.5 Å². The Bertz CT molecular complexity index is 636. The fourth-order valence-corrected chi connectivity index (χ4v) is 5.94. The van der Waals surface area contributed by atoms with Gasteiger partial charge in [-0.25, -0.2) is 0 Å². The average Bonchev–Trinajstić information content (AvgIpc) is 2.68. The number of carbonyl (C=O) groups excluding carboxylic acids is 1. The quantitative estimate of drug-likeness (QED) is 0.494. The maximum atomic E-state index is 13.0. The summed E-state index contributed by atoms with van der Waals surface area (Å²) < 4.78 is 11.9. The van der Waals surface area contributed by atoms with Crippen molar-refractivity contribution in [1.29, 1.82) is 0 Å². The van der Waals surface area contributed by atoms with Crippen molar-refractivity contribution in [3.63, 3.8) is 0 Å². The highest BCUT2D eigenvalue weighted by atomic mass is 16.6. The normalized spacial score (nSPS) is 43.8. The summed E-state index contributed by atoms with van der Waals surface area (Å²) in [5.41, 5.74) is -0.951. The summed E-state index contributed by atoms with van der Waals surface area (Å²) in [6.45, 7) is 20.7. The van der Waals surface area contributed by atoms with Crippen molar-refractivity contribution in [2.75, 3.05) is 20.7 Å². The molecule has 0 bridgehead atoms. The van der Waals surface area contributed by atoms with Gasteiger partial charge >= 0.3 is 5.97 Å². The molecule has 1 fully saturated rings. The van der Waals surface area contributed by atoms with E-state index in [1.54, 1.807) is 14.0 Å². The molecule has 0 unspecified atom stereocenters. The van der Waals surface area contributed by atoms with Gasteiger partial charge in [0.15, 0.2) is 0 Å². The Labute approximate surface area is 196 Å². The molecule has 1 saturated heterocycles. The van der Waals surface area contributed by atoms with Gasteiger partial charge in [0, 0.05) is 25.6 Å². The third-order valence-electron chi connectivity index (χ3n) is 7.74. The van der Waals surface area contributed by atoms with Crippen LogP contribution >= 0.6 is 0 Å². The Hall–Kier alpha value is -0.950. The number of aliphatic hydroxyl groups excluding tert-OH is 1. The molecular formula is C26H49NO5. The molecule has 0 spiro atoms. The number of cyclic esters (lactones) is 1. The summed E-state index contributed by atoms with van der Waals surface area (Å²) in [7, 11) is 3.71. The number of carbonyl (C=O) groups is 1.